The van der Waals surface area contributed by atoms with Crippen molar-refractivity contribution in [3.8, 4) is 5.75 Å². The molecule has 0 aromatic heterocycles. The number of benzene rings is 2. The van der Waals surface area contributed by atoms with Crippen LogP contribution in [0, 0.1) is 0 Å². The number of carbonyl (C=O) groups is 3. The van der Waals surface area contributed by atoms with Crippen LogP contribution in [-0.4, -0.2) is 40.8 Å². The standard InChI is InChI=1S/C20H20N2O4/c1-15(16-9-4-2-5-10-16)22-19(24)18(23)21(20(22)25)13-8-14-26-17-11-6-3-7-12-17/h2-7,9-12,15H,8,13-14H2,1H3/t15-/m1/s1. The lowest BCUT2D eigenvalue weighted by Crippen LogP contribution is -2.36. The molecule has 4 amide bonds. The second kappa shape index (κ2) is 7.82. The van der Waals surface area contributed by atoms with Crippen molar-refractivity contribution in [3.63, 3.8) is 0 Å². The van der Waals surface area contributed by atoms with Crippen molar-refractivity contribution in [2.45, 2.75) is 19.4 Å². The molecule has 1 fully saturated rings. The average Bonchev–Trinajstić information content (AvgIpc) is 2.89. The first-order valence-corrected chi connectivity index (χ1v) is 8.51. The minimum atomic E-state index is -0.782. The Labute approximate surface area is 152 Å². The van der Waals surface area contributed by atoms with Gasteiger partial charge in [0, 0.05) is 6.54 Å². The molecule has 0 saturated carbocycles. The van der Waals surface area contributed by atoms with E-state index in [9.17, 15) is 14.4 Å². The summed E-state index contributed by atoms with van der Waals surface area (Å²) in [5, 5.41) is 0. The number of rotatable bonds is 7. The predicted octanol–water partition coefficient (Wildman–Crippen LogP) is 3.01. The maximum atomic E-state index is 12.6. The molecule has 0 radical (unpaired) electrons. The molecule has 2 aromatic rings. The summed E-state index contributed by atoms with van der Waals surface area (Å²) in [6.45, 7) is 2.23. The third kappa shape index (κ3) is 3.59. The van der Waals surface area contributed by atoms with Gasteiger partial charge in [0.15, 0.2) is 0 Å². The van der Waals surface area contributed by atoms with Crippen LogP contribution in [0.4, 0.5) is 4.79 Å². The van der Waals surface area contributed by atoms with Gasteiger partial charge >= 0.3 is 17.8 Å². The van der Waals surface area contributed by atoms with Crippen LogP contribution in [0.25, 0.3) is 0 Å². The minimum Gasteiger partial charge on any atom is -0.494 e. The van der Waals surface area contributed by atoms with E-state index in [1.54, 1.807) is 6.92 Å². The van der Waals surface area contributed by atoms with Crippen molar-refractivity contribution in [2.24, 2.45) is 0 Å². The molecule has 0 unspecified atom stereocenters. The summed E-state index contributed by atoms with van der Waals surface area (Å²) >= 11 is 0. The van der Waals surface area contributed by atoms with Gasteiger partial charge in [-0.1, -0.05) is 48.5 Å². The molecule has 6 heteroatoms. The predicted molar refractivity (Wildman–Crippen MR) is 95.4 cm³/mol. The van der Waals surface area contributed by atoms with E-state index in [1.165, 1.54) is 0 Å². The van der Waals surface area contributed by atoms with Crippen LogP contribution in [0.5, 0.6) is 5.75 Å². The van der Waals surface area contributed by atoms with Crippen molar-refractivity contribution in [2.75, 3.05) is 13.2 Å². The Morgan fingerprint density at radius 2 is 1.50 bits per heavy atom. The molecule has 26 heavy (non-hydrogen) atoms. The van der Waals surface area contributed by atoms with Crippen molar-refractivity contribution >= 4 is 17.8 Å². The number of hydrogen-bond acceptors (Lipinski definition) is 4. The molecule has 1 aliphatic heterocycles. The Balaban J connectivity index is 1.59. The fraction of sp³-hybridized carbons (Fsp3) is 0.250. The third-order valence-electron chi connectivity index (χ3n) is 4.29. The molecule has 1 heterocycles. The van der Waals surface area contributed by atoms with Gasteiger partial charge in [-0.25, -0.2) is 9.69 Å². The van der Waals surface area contributed by atoms with Gasteiger partial charge in [-0.2, -0.15) is 0 Å². The number of urea groups is 1. The first-order chi connectivity index (χ1) is 12.6. The molecule has 0 bridgehead atoms. The van der Waals surface area contributed by atoms with Gasteiger partial charge in [-0.3, -0.25) is 14.5 Å². The molecule has 0 N–H and O–H groups in total. The van der Waals surface area contributed by atoms with Crippen molar-refractivity contribution < 1.29 is 19.1 Å². The Morgan fingerprint density at radius 3 is 2.15 bits per heavy atom. The Hall–Kier alpha value is -3.15. The van der Waals surface area contributed by atoms with E-state index in [0.29, 0.717) is 13.0 Å². The van der Waals surface area contributed by atoms with Crippen LogP contribution in [0.15, 0.2) is 60.7 Å². The van der Waals surface area contributed by atoms with Crippen LogP contribution in [0.2, 0.25) is 0 Å². The summed E-state index contributed by atoms with van der Waals surface area (Å²) in [5.74, 6) is -0.838. The highest BCUT2D eigenvalue weighted by Gasteiger charge is 2.46. The molecule has 3 rings (SSSR count). The highest BCUT2D eigenvalue weighted by Crippen LogP contribution is 2.26. The zero-order chi connectivity index (χ0) is 18.5. The number of carbonyl (C=O) groups excluding carboxylic acids is 3. The van der Waals surface area contributed by atoms with E-state index in [0.717, 1.165) is 21.1 Å². The number of imide groups is 2. The zero-order valence-corrected chi connectivity index (χ0v) is 14.5. The van der Waals surface area contributed by atoms with E-state index >= 15 is 0 Å². The second-order valence-electron chi connectivity index (χ2n) is 6.02. The van der Waals surface area contributed by atoms with Crippen LogP contribution in [-0.2, 0) is 9.59 Å². The van der Waals surface area contributed by atoms with Crippen molar-refractivity contribution in [1.29, 1.82) is 0 Å². The second-order valence-corrected chi connectivity index (χ2v) is 6.02. The maximum absolute atomic E-state index is 12.6. The Bertz CT molecular complexity index is 792. The largest absolute Gasteiger partial charge is 0.494 e. The lowest BCUT2D eigenvalue weighted by molar-refractivity contribution is -0.144. The van der Waals surface area contributed by atoms with Crippen LogP contribution in [0.3, 0.4) is 0 Å². The van der Waals surface area contributed by atoms with Gasteiger partial charge in [0.05, 0.1) is 12.6 Å². The van der Waals surface area contributed by atoms with Gasteiger partial charge < -0.3 is 4.74 Å². The normalized spacial score (nSPS) is 15.5. The lowest BCUT2D eigenvalue weighted by atomic mass is 10.1. The summed E-state index contributed by atoms with van der Waals surface area (Å²) in [5.41, 5.74) is 0.802. The zero-order valence-electron chi connectivity index (χ0n) is 14.5. The van der Waals surface area contributed by atoms with E-state index < -0.39 is 23.9 Å². The summed E-state index contributed by atoms with van der Waals surface area (Å²) < 4.78 is 5.56. The number of amides is 4. The maximum Gasteiger partial charge on any atom is 0.334 e. The van der Waals surface area contributed by atoms with Gasteiger partial charge in [0.25, 0.3) is 0 Å². The van der Waals surface area contributed by atoms with Gasteiger partial charge in [0.2, 0.25) is 0 Å². The van der Waals surface area contributed by atoms with E-state index in [2.05, 4.69) is 0 Å². The molecule has 1 atom stereocenters. The van der Waals surface area contributed by atoms with Crippen molar-refractivity contribution in [3.05, 3.63) is 66.2 Å². The number of ether oxygens (including phenoxy) is 1. The molecule has 134 valence electrons. The molecule has 0 aliphatic carbocycles. The number of nitrogens with zero attached hydrogens (tertiary/aromatic N) is 2. The Morgan fingerprint density at radius 1 is 0.885 bits per heavy atom. The molecule has 0 spiro atoms. The highest BCUT2D eigenvalue weighted by molar-refractivity contribution is 6.44. The highest BCUT2D eigenvalue weighted by atomic mass is 16.5. The van der Waals surface area contributed by atoms with E-state index in [4.69, 9.17) is 4.74 Å². The molecule has 1 aliphatic rings. The fourth-order valence-electron chi connectivity index (χ4n) is 2.87. The summed E-state index contributed by atoms with van der Waals surface area (Å²) in [6.07, 6.45) is 0.452. The third-order valence-corrected chi connectivity index (χ3v) is 4.29. The average molecular weight is 352 g/mol. The van der Waals surface area contributed by atoms with Gasteiger partial charge in [-0.15, -0.1) is 0 Å². The van der Waals surface area contributed by atoms with Gasteiger partial charge in [0.1, 0.15) is 5.75 Å². The van der Waals surface area contributed by atoms with Crippen LogP contribution >= 0.6 is 0 Å². The molecular formula is C20H20N2O4. The molecule has 6 nitrogen and oxygen atoms in total. The van der Waals surface area contributed by atoms with Crippen molar-refractivity contribution in [1.82, 2.24) is 9.80 Å². The monoisotopic (exact) mass is 352 g/mol. The lowest BCUT2D eigenvalue weighted by Gasteiger charge is -2.22. The van der Waals surface area contributed by atoms with Crippen LogP contribution < -0.4 is 4.74 Å². The Kier molecular flexibility index (Phi) is 5.31. The van der Waals surface area contributed by atoms with E-state index in [-0.39, 0.29) is 6.54 Å². The van der Waals surface area contributed by atoms with Gasteiger partial charge in [-0.05, 0) is 31.0 Å². The molecule has 1 saturated heterocycles. The number of hydrogen-bond donors (Lipinski definition) is 0. The topological polar surface area (TPSA) is 66.9 Å². The summed E-state index contributed by atoms with van der Waals surface area (Å²) in [7, 11) is 0. The van der Waals surface area contributed by atoms with E-state index in [1.807, 2.05) is 60.7 Å². The quantitative estimate of drug-likeness (QED) is 0.436. The fourth-order valence-corrected chi connectivity index (χ4v) is 2.87. The number of para-hydroxylation sites is 1. The first kappa shape index (κ1) is 17.7. The smallest absolute Gasteiger partial charge is 0.334 e. The summed E-state index contributed by atoms with van der Waals surface area (Å²) in [6, 6.07) is 17.4. The molecule has 2 aromatic carbocycles. The summed E-state index contributed by atoms with van der Waals surface area (Å²) in [4.78, 5) is 39.1. The molecular weight excluding hydrogens is 332 g/mol. The van der Waals surface area contributed by atoms with Crippen LogP contribution in [0.1, 0.15) is 24.9 Å². The first-order valence-electron chi connectivity index (χ1n) is 8.51. The SMILES string of the molecule is C[C@H](c1ccccc1)N1C(=O)C(=O)N(CCCOc2ccccc2)C1=O. The minimum absolute atomic E-state index is 0.147.